The van der Waals surface area contributed by atoms with Crippen LogP contribution in [0, 0.1) is 12.8 Å². The average Bonchev–Trinajstić information content (AvgIpc) is 3.18. The molecule has 2 unspecified atom stereocenters. The van der Waals surface area contributed by atoms with Gasteiger partial charge in [0.05, 0.1) is 37.3 Å². The summed E-state index contributed by atoms with van der Waals surface area (Å²) >= 11 is 6.45. The summed E-state index contributed by atoms with van der Waals surface area (Å²) in [6.07, 6.45) is 1.52. The topological polar surface area (TPSA) is 77.1 Å². The van der Waals surface area contributed by atoms with Crippen LogP contribution in [0.4, 0.5) is 5.69 Å². The van der Waals surface area contributed by atoms with E-state index in [2.05, 4.69) is 5.32 Å². The van der Waals surface area contributed by atoms with Crippen molar-refractivity contribution in [1.29, 1.82) is 0 Å². The van der Waals surface area contributed by atoms with Gasteiger partial charge in [0.1, 0.15) is 5.75 Å². The predicted molar refractivity (Wildman–Crippen MR) is 146 cm³/mol. The van der Waals surface area contributed by atoms with Crippen LogP contribution in [0.3, 0.4) is 0 Å². The maximum atomic E-state index is 13.7. The lowest BCUT2D eigenvalue weighted by Crippen LogP contribution is -2.48. The largest absolute Gasteiger partial charge is 0.497 e. The first-order valence-corrected chi connectivity index (χ1v) is 13.2. The number of carbonyl (C=O) groups is 2. The van der Waals surface area contributed by atoms with Gasteiger partial charge in [-0.3, -0.25) is 9.59 Å². The van der Waals surface area contributed by atoms with E-state index in [1.54, 1.807) is 18.1 Å². The van der Waals surface area contributed by atoms with Crippen molar-refractivity contribution < 1.29 is 23.8 Å². The van der Waals surface area contributed by atoms with Gasteiger partial charge in [-0.25, -0.2) is 0 Å². The van der Waals surface area contributed by atoms with E-state index in [0.717, 1.165) is 28.8 Å². The van der Waals surface area contributed by atoms with Gasteiger partial charge in [0.2, 0.25) is 11.8 Å². The Bertz CT molecular complexity index is 1310. The molecular weight excluding hydrogens is 504 g/mol. The Balaban J connectivity index is 1.42. The van der Waals surface area contributed by atoms with Gasteiger partial charge in [0.15, 0.2) is 11.5 Å². The molecule has 3 aromatic rings. The van der Waals surface area contributed by atoms with Crippen molar-refractivity contribution in [3.63, 3.8) is 0 Å². The van der Waals surface area contributed by atoms with E-state index >= 15 is 0 Å². The molecular formula is C30H31ClN2O5. The molecule has 1 fully saturated rings. The predicted octanol–water partition coefficient (Wildman–Crippen LogP) is 5.62. The molecule has 2 aliphatic rings. The number of ether oxygens (including phenoxy) is 3. The van der Waals surface area contributed by atoms with Crippen LogP contribution < -0.4 is 24.4 Å². The molecule has 0 aromatic heterocycles. The molecule has 3 aromatic carbocycles. The van der Waals surface area contributed by atoms with Crippen LogP contribution in [-0.2, 0) is 16.1 Å². The summed E-state index contributed by atoms with van der Waals surface area (Å²) in [6, 6.07) is 18.6. The van der Waals surface area contributed by atoms with Crippen molar-refractivity contribution in [3.05, 3.63) is 82.4 Å². The molecule has 7 nitrogen and oxygen atoms in total. The summed E-state index contributed by atoms with van der Waals surface area (Å²) in [4.78, 5) is 28.7. The zero-order valence-electron chi connectivity index (χ0n) is 21.5. The van der Waals surface area contributed by atoms with Crippen LogP contribution in [0.1, 0.15) is 42.0 Å². The van der Waals surface area contributed by atoms with Gasteiger partial charge in [0.25, 0.3) is 0 Å². The maximum Gasteiger partial charge on any atom is 0.227 e. The van der Waals surface area contributed by atoms with Crippen molar-refractivity contribution >= 4 is 29.1 Å². The molecule has 38 heavy (non-hydrogen) atoms. The van der Waals surface area contributed by atoms with Gasteiger partial charge in [0, 0.05) is 25.1 Å². The molecule has 2 amide bonds. The average molecular weight is 535 g/mol. The zero-order valence-corrected chi connectivity index (χ0v) is 22.3. The highest BCUT2D eigenvalue weighted by Gasteiger charge is 2.41. The summed E-state index contributed by atoms with van der Waals surface area (Å²) in [6.45, 7) is 3.38. The van der Waals surface area contributed by atoms with Gasteiger partial charge >= 0.3 is 0 Å². The fourth-order valence-corrected chi connectivity index (χ4v) is 5.35. The van der Waals surface area contributed by atoms with E-state index < -0.39 is 12.0 Å². The third-order valence-corrected chi connectivity index (χ3v) is 7.31. The quantitative estimate of drug-likeness (QED) is 0.444. The first-order chi connectivity index (χ1) is 18.4. The first kappa shape index (κ1) is 25.9. The van der Waals surface area contributed by atoms with E-state index in [-0.39, 0.29) is 24.8 Å². The van der Waals surface area contributed by atoms with Crippen LogP contribution in [-0.4, -0.2) is 32.1 Å². The SMILES string of the molecule is COc1ccc(C2C(C(=O)NCc3cc(Cl)c4c(c3)OCCCO4)CCC(=O)N2c2ccc(C)cc2)cc1. The molecule has 5 rings (SSSR count). The van der Waals surface area contributed by atoms with Crippen LogP contribution in [0.2, 0.25) is 5.02 Å². The number of hydrogen-bond donors (Lipinski definition) is 1. The number of hydrogen-bond acceptors (Lipinski definition) is 5. The lowest BCUT2D eigenvalue weighted by atomic mass is 9.83. The molecule has 0 saturated carbocycles. The van der Waals surface area contributed by atoms with Crippen molar-refractivity contribution in [3.8, 4) is 17.2 Å². The highest BCUT2D eigenvalue weighted by atomic mass is 35.5. The number of nitrogens with one attached hydrogen (secondary N) is 1. The molecule has 198 valence electrons. The minimum absolute atomic E-state index is 0.00611. The Morgan fingerprint density at radius 2 is 1.82 bits per heavy atom. The van der Waals surface area contributed by atoms with Crippen molar-refractivity contribution in [2.24, 2.45) is 5.92 Å². The fourth-order valence-electron chi connectivity index (χ4n) is 5.07. The molecule has 2 heterocycles. The van der Waals surface area contributed by atoms with Gasteiger partial charge in [-0.15, -0.1) is 0 Å². The van der Waals surface area contributed by atoms with Crippen molar-refractivity contribution in [2.75, 3.05) is 25.2 Å². The van der Waals surface area contributed by atoms with E-state index in [1.165, 1.54) is 0 Å². The number of fused-ring (bicyclic) bond motifs is 1. The number of halogens is 1. The summed E-state index contributed by atoms with van der Waals surface area (Å²) in [5.74, 6) is 1.26. The van der Waals surface area contributed by atoms with Crippen LogP contribution in [0.5, 0.6) is 17.2 Å². The second-order valence-corrected chi connectivity index (χ2v) is 10.0. The molecule has 8 heteroatoms. The lowest BCUT2D eigenvalue weighted by molar-refractivity contribution is -0.129. The van der Waals surface area contributed by atoms with Crippen LogP contribution in [0.15, 0.2) is 60.7 Å². The summed E-state index contributed by atoms with van der Waals surface area (Å²) in [5, 5.41) is 3.54. The zero-order chi connectivity index (χ0) is 26.6. The normalized spacial score (nSPS) is 19.0. The Morgan fingerprint density at radius 1 is 1.08 bits per heavy atom. The number of amides is 2. The highest BCUT2D eigenvalue weighted by molar-refractivity contribution is 6.32. The Kier molecular flexibility index (Phi) is 7.74. The third kappa shape index (κ3) is 5.43. The second-order valence-electron chi connectivity index (χ2n) is 9.64. The number of methoxy groups -OCH3 is 1. The number of piperidine rings is 1. The lowest BCUT2D eigenvalue weighted by Gasteiger charge is -2.41. The minimum atomic E-state index is -0.461. The summed E-state index contributed by atoms with van der Waals surface area (Å²) < 4.78 is 16.8. The number of rotatable bonds is 6. The number of anilines is 1. The van der Waals surface area contributed by atoms with E-state index in [4.69, 9.17) is 25.8 Å². The molecule has 2 aliphatic heterocycles. The molecule has 0 radical (unpaired) electrons. The monoisotopic (exact) mass is 534 g/mol. The Labute approximate surface area is 227 Å². The van der Waals surface area contributed by atoms with Gasteiger partial charge < -0.3 is 24.4 Å². The number of nitrogens with zero attached hydrogens (tertiary/aromatic N) is 1. The van der Waals surface area contributed by atoms with Gasteiger partial charge in [-0.05, 0) is 60.9 Å². The maximum absolute atomic E-state index is 13.7. The molecule has 1 saturated heterocycles. The molecule has 1 N–H and O–H groups in total. The minimum Gasteiger partial charge on any atom is -0.497 e. The Morgan fingerprint density at radius 3 is 2.55 bits per heavy atom. The van der Waals surface area contributed by atoms with Crippen molar-refractivity contribution in [2.45, 2.75) is 38.8 Å². The Hall–Kier alpha value is -3.71. The highest BCUT2D eigenvalue weighted by Crippen LogP contribution is 2.41. The molecule has 2 atom stereocenters. The number of benzene rings is 3. The fraction of sp³-hybridized carbons (Fsp3) is 0.333. The molecule has 0 bridgehead atoms. The second kappa shape index (κ2) is 11.4. The third-order valence-electron chi connectivity index (χ3n) is 7.03. The summed E-state index contributed by atoms with van der Waals surface area (Å²) in [7, 11) is 1.61. The van der Waals surface area contributed by atoms with Crippen LogP contribution >= 0.6 is 11.6 Å². The first-order valence-electron chi connectivity index (χ1n) is 12.8. The van der Waals surface area contributed by atoms with Crippen LogP contribution in [0.25, 0.3) is 0 Å². The smallest absolute Gasteiger partial charge is 0.227 e. The van der Waals surface area contributed by atoms with Gasteiger partial charge in [-0.2, -0.15) is 0 Å². The summed E-state index contributed by atoms with van der Waals surface area (Å²) in [5.41, 5.74) is 3.56. The van der Waals surface area contributed by atoms with E-state index in [1.807, 2.05) is 61.5 Å². The van der Waals surface area contributed by atoms with Crippen molar-refractivity contribution in [1.82, 2.24) is 5.32 Å². The molecule has 0 spiro atoms. The van der Waals surface area contributed by atoms with E-state index in [0.29, 0.717) is 41.9 Å². The number of carbonyl (C=O) groups excluding carboxylic acids is 2. The molecule has 0 aliphatic carbocycles. The standard InChI is InChI=1S/C30H31ClN2O5/c1-19-4-8-22(9-5-19)33-27(34)13-12-24(28(33)21-6-10-23(36-2)11-7-21)30(35)32-18-20-16-25(31)29-26(17-20)37-14-3-15-38-29/h4-11,16-17,24,28H,3,12-15,18H2,1-2H3,(H,32,35). The van der Waals surface area contributed by atoms with E-state index in [9.17, 15) is 9.59 Å². The number of aryl methyl sites for hydroxylation is 1. The van der Waals surface area contributed by atoms with Gasteiger partial charge in [-0.1, -0.05) is 41.4 Å².